The third-order valence-corrected chi connectivity index (χ3v) is 7.89. The number of carbonyl (C=O) groups excluding carboxylic acids is 1. The highest BCUT2D eigenvalue weighted by atomic mass is 16.1. The van der Waals surface area contributed by atoms with Gasteiger partial charge in [-0.2, -0.15) is 19.6 Å². The maximum absolute atomic E-state index is 12.4. The van der Waals surface area contributed by atoms with E-state index in [1.807, 2.05) is 78.4 Å². The Morgan fingerprint density at radius 2 is 1.91 bits per heavy atom. The van der Waals surface area contributed by atoms with E-state index in [9.17, 15) is 4.79 Å². The van der Waals surface area contributed by atoms with Crippen LogP contribution in [0.1, 0.15) is 30.9 Å². The molecule has 1 aliphatic rings. The monoisotopic (exact) mass is 604 g/mol. The van der Waals surface area contributed by atoms with Gasteiger partial charge in [0.15, 0.2) is 5.65 Å². The quantitative estimate of drug-likeness (QED) is 0.198. The Morgan fingerprint density at radius 1 is 1.09 bits per heavy atom. The van der Waals surface area contributed by atoms with Crippen molar-refractivity contribution in [3.63, 3.8) is 0 Å². The van der Waals surface area contributed by atoms with Crippen LogP contribution in [0.15, 0.2) is 73.1 Å². The molecular weight excluding hydrogens is 564 g/mol. The van der Waals surface area contributed by atoms with E-state index in [4.69, 9.17) is 15.0 Å². The van der Waals surface area contributed by atoms with E-state index in [0.717, 1.165) is 70.7 Å². The molecule has 0 aliphatic carbocycles. The summed E-state index contributed by atoms with van der Waals surface area (Å²) in [6.07, 6.45) is 7.12. The second-order valence-corrected chi connectivity index (χ2v) is 11.8. The van der Waals surface area contributed by atoms with Gasteiger partial charge in [-0.1, -0.05) is 50.3 Å². The minimum atomic E-state index is -0.154. The highest BCUT2D eigenvalue weighted by molar-refractivity contribution is 6.02. The molecule has 3 N–H and O–H groups in total. The Bertz CT molecular complexity index is 1840. The Kier molecular flexibility index (Phi) is 8.99. The lowest BCUT2D eigenvalue weighted by Crippen LogP contribution is -2.44. The van der Waals surface area contributed by atoms with E-state index in [2.05, 4.69) is 51.9 Å². The molecule has 2 aromatic carbocycles. The molecule has 0 radical (unpaired) electrons. The first-order valence-corrected chi connectivity index (χ1v) is 15.4. The van der Waals surface area contributed by atoms with Gasteiger partial charge in [-0.15, -0.1) is 0 Å². The number of amides is 1. The van der Waals surface area contributed by atoms with Gasteiger partial charge in [-0.25, -0.2) is 0 Å². The second-order valence-electron chi connectivity index (χ2n) is 11.8. The number of pyridine rings is 1. The molecule has 11 nitrogen and oxygen atoms in total. The zero-order valence-corrected chi connectivity index (χ0v) is 26.3. The molecule has 45 heavy (non-hydrogen) atoms. The number of fused-ring (bicyclic) bond motifs is 2. The highest BCUT2D eigenvalue weighted by Gasteiger charge is 2.20. The summed E-state index contributed by atoms with van der Waals surface area (Å²) in [4.78, 5) is 31.3. The van der Waals surface area contributed by atoms with Crippen LogP contribution in [0.25, 0.3) is 27.7 Å². The summed E-state index contributed by atoms with van der Waals surface area (Å²) in [6.45, 7) is 9.06. The lowest BCUT2D eigenvalue weighted by molar-refractivity contribution is -0.111. The van der Waals surface area contributed by atoms with Crippen LogP contribution >= 0.6 is 0 Å². The number of likely N-dealkylation sites (N-methyl/N-ethyl adjacent to an activating group) is 1. The Balaban J connectivity index is 1.28. The lowest BCUT2D eigenvalue weighted by atomic mass is 9.99. The maximum atomic E-state index is 12.4. The van der Waals surface area contributed by atoms with Gasteiger partial charge in [0.25, 0.3) is 0 Å². The van der Waals surface area contributed by atoms with Crippen molar-refractivity contribution in [3.05, 3.63) is 84.2 Å². The van der Waals surface area contributed by atoms with Crippen molar-refractivity contribution < 1.29 is 4.79 Å². The third-order valence-electron chi connectivity index (χ3n) is 7.89. The highest BCUT2D eigenvalue weighted by Crippen LogP contribution is 2.31. The van der Waals surface area contributed by atoms with Crippen LogP contribution < -0.4 is 20.9 Å². The van der Waals surface area contributed by atoms with Crippen LogP contribution in [-0.2, 0) is 11.3 Å². The summed E-state index contributed by atoms with van der Waals surface area (Å²) < 4.78 is 1.81. The van der Waals surface area contributed by atoms with Gasteiger partial charge in [0.05, 0.1) is 11.9 Å². The average Bonchev–Trinajstić information content (AvgIpc) is 3.48. The molecule has 6 rings (SSSR count). The topological polar surface area (TPSA) is 116 Å². The molecular formula is C34H40N10O. The smallest absolute Gasteiger partial charge is 0.248 e. The van der Waals surface area contributed by atoms with E-state index in [-0.39, 0.29) is 11.8 Å². The van der Waals surface area contributed by atoms with Crippen molar-refractivity contribution >= 4 is 39.9 Å². The molecule has 1 fully saturated rings. The lowest BCUT2D eigenvalue weighted by Gasteiger charge is -2.27. The molecule has 1 amide bonds. The molecule has 0 unspecified atom stereocenters. The molecule has 1 aliphatic heterocycles. The van der Waals surface area contributed by atoms with Gasteiger partial charge in [0, 0.05) is 73.7 Å². The SMILES string of the molecule is CC(C)c1cnn2c(NCc3ccccc3-c3nccc4cc(NC(=O)/C=C/CN(C)C)ccc34)nc(N3CCNCC3)nc12. The van der Waals surface area contributed by atoms with E-state index in [1.54, 1.807) is 6.08 Å². The standard InChI is InChI=1S/C34H40N10O/c1-23(2)29-22-38-44-32(29)40-34(43-18-15-35-16-19-43)41-33(44)37-21-25-8-5-6-9-27(25)31-28-12-11-26(20-24(28)13-14-36-31)39-30(45)10-7-17-42(3)4/h5-14,20,22-23,35H,15-19,21H2,1-4H3,(H,39,45)(H,37,40,41)/b10-7+. The molecule has 4 heterocycles. The third kappa shape index (κ3) is 6.79. The van der Waals surface area contributed by atoms with Crippen LogP contribution in [0.2, 0.25) is 0 Å². The minimum Gasteiger partial charge on any atom is -0.350 e. The van der Waals surface area contributed by atoms with Crippen molar-refractivity contribution in [1.82, 2.24) is 34.8 Å². The number of hydrogen-bond acceptors (Lipinski definition) is 9. The van der Waals surface area contributed by atoms with E-state index in [0.29, 0.717) is 25.0 Å². The molecule has 3 aromatic heterocycles. The van der Waals surface area contributed by atoms with Crippen molar-refractivity contribution in [2.75, 3.05) is 62.4 Å². The number of hydrogen-bond donors (Lipinski definition) is 3. The van der Waals surface area contributed by atoms with Gasteiger partial charge in [-0.3, -0.25) is 9.78 Å². The first kappa shape index (κ1) is 30.2. The van der Waals surface area contributed by atoms with Crippen LogP contribution in [0.4, 0.5) is 17.6 Å². The zero-order chi connectivity index (χ0) is 31.3. The number of rotatable bonds is 10. The van der Waals surface area contributed by atoms with Crippen LogP contribution in [0, 0.1) is 0 Å². The zero-order valence-electron chi connectivity index (χ0n) is 26.3. The van der Waals surface area contributed by atoms with Gasteiger partial charge in [0.1, 0.15) is 0 Å². The van der Waals surface area contributed by atoms with Gasteiger partial charge < -0.3 is 25.8 Å². The summed E-state index contributed by atoms with van der Waals surface area (Å²) in [5, 5.41) is 16.6. The predicted molar refractivity (Wildman–Crippen MR) is 181 cm³/mol. The molecule has 0 atom stereocenters. The van der Waals surface area contributed by atoms with Crippen molar-refractivity contribution in [3.8, 4) is 11.3 Å². The molecule has 1 saturated heterocycles. The number of anilines is 3. The van der Waals surface area contributed by atoms with Crippen molar-refractivity contribution in [2.24, 2.45) is 0 Å². The second kappa shape index (κ2) is 13.4. The molecule has 0 bridgehead atoms. The van der Waals surface area contributed by atoms with Crippen LogP contribution in [-0.4, -0.2) is 82.2 Å². The fourth-order valence-electron chi connectivity index (χ4n) is 5.52. The van der Waals surface area contributed by atoms with Crippen molar-refractivity contribution in [1.29, 1.82) is 0 Å². The van der Waals surface area contributed by atoms with E-state index in [1.165, 1.54) is 0 Å². The summed E-state index contributed by atoms with van der Waals surface area (Å²) >= 11 is 0. The summed E-state index contributed by atoms with van der Waals surface area (Å²) in [6, 6.07) is 16.2. The number of benzene rings is 2. The fourth-order valence-corrected chi connectivity index (χ4v) is 5.52. The first-order valence-electron chi connectivity index (χ1n) is 15.4. The number of nitrogens with one attached hydrogen (secondary N) is 3. The predicted octanol–water partition coefficient (Wildman–Crippen LogP) is 4.54. The number of aromatic nitrogens is 5. The first-order chi connectivity index (χ1) is 21.9. The maximum Gasteiger partial charge on any atom is 0.248 e. The summed E-state index contributed by atoms with van der Waals surface area (Å²) in [7, 11) is 3.93. The summed E-state index contributed by atoms with van der Waals surface area (Å²) in [5.74, 6) is 1.50. The van der Waals surface area contributed by atoms with Crippen molar-refractivity contribution in [2.45, 2.75) is 26.3 Å². The summed E-state index contributed by atoms with van der Waals surface area (Å²) in [5.41, 5.74) is 5.64. The number of nitrogens with zero attached hydrogens (tertiary/aromatic N) is 7. The largest absolute Gasteiger partial charge is 0.350 e. The van der Waals surface area contributed by atoms with Gasteiger partial charge in [-0.05, 0) is 49.2 Å². The molecule has 5 aromatic rings. The van der Waals surface area contributed by atoms with E-state index >= 15 is 0 Å². The average molecular weight is 605 g/mol. The number of carbonyl (C=O) groups is 1. The molecule has 0 saturated carbocycles. The molecule has 232 valence electrons. The Hall–Kier alpha value is -4.87. The van der Waals surface area contributed by atoms with Gasteiger partial charge in [0.2, 0.25) is 17.8 Å². The van der Waals surface area contributed by atoms with Crippen LogP contribution in [0.5, 0.6) is 0 Å². The Labute approximate surface area is 263 Å². The van der Waals surface area contributed by atoms with Crippen LogP contribution in [0.3, 0.4) is 0 Å². The van der Waals surface area contributed by atoms with Gasteiger partial charge >= 0.3 is 0 Å². The molecule has 0 spiro atoms. The fraction of sp³-hybridized carbons (Fsp3) is 0.324. The van der Waals surface area contributed by atoms with E-state index < -0.39 is 0 Å². The Morgan fingerprint density at radius 3 is 2.71 bits per heavy atom. The normalized spacial score (nSPS) is 13.9. The molecule has 11 heteroatoms. The minimum absolute atomic E-state index is 0.154. The number of piperazine rings is 1.